The van der Waals surface area contributed by atoms with E-state index in [1.165, 1.54) is 4.90 Å². The third-order valence-corrected chi connectivity index (χ3v) is 5.92. The first-order valence-corrected chi connectivity index (χ1v) is 10.3. The summed E-state index contributed by atoms with van der Waals surface area (Å²) in [5.41, 5.74) is 2.45. The topological polar surface area (TPSA) is 77.5 Å². The number of hydrogen-bond acceptors (Lipinski definition) is 6. The van der Waals surface area contributed by atoms with Gasteiger partial charge in [0.15, 0.2) is 11.4 Å². The summed E-state index contributed by atoms with van der Waals surface area (Å²) >= 11 is 0. The molecule has 2 aliphatic rings. The molecule has 2 aromatic rings. The first kappa shape index (κ1) is 22.1. The molecule has 32 heavy (non-hydrogen) atoms. The minimum atomic E-state index is -1.88. The molecule has 2 saturated heterocycles. The van der Waals surface area contributed by atoms with Gasteiger partial charge in [0.2, 0.25) is 0 Å². The second-order valence-corrected chi connectivity index (χ2v) is 8.23. The van der Waals surface area contributed by atoms with Crippen LogP contribution < -0.4 is 14.4 Å². The van der Waals surface area contributed by atoms with Gasteiger partial charge in [-0.1, -0.05) is 18.7 Å². The molecule has 7 heteroatoms. The van der Waals surface area contributed by atoms with Crippen molar-refractivity contribution in [2.45, 2.75) is 37.4 Å². The van der Waals surface area contributed by atoms with E-state index < -0.39 is 29.4 Å². The van der Waals surface area contributed by atoms with Gasteiger partial charge in [-0.3, -0.25) is 9.69 Å². The summed E-state index contributed by atoms with van der Waals surface area (Å²) in [6.45, 7) is 7.60. The number of nitrogens with zero attached hydrogens (tertiary/aromatic N) is 1. The fourth-order valence-corrected chi connectivity index (χ4v) is 4.35. The fraction of sp³-hybridized carbons (Fsp3) is 0.360. The van der Waals surface area contributed by atoms with Crippen LogP contribution in [0.4, 0.5) is 5.69 Å². The van der Waals surface area contributed by atoms with E-state index in [2.05, 4.69) is 12.3 Å². The SMILES string of the molecule is C=C=C(c1ccc(OC)cc1)[C@]1(O)C(=O)N(c2ccc(OC)cc2)[C@H]1[C@H]1COC(C)(C)O1. The van der Waals surface area contributed by atoms with E-state index in [-0.39, 0.29) is 12.2 Å². The lowest BCUT2D eigenvalue weighted by Crippen LogP contribution is -2.78. The molecule has 0 bridgehead atoms. The first-order valence-electron chi connectivity index (χ1n) is 10.3. The van der Waals surface area contributed by atoms with Crippen LogP contribution in [0.3, 0.4) is 0 Å². The second-order valence-electron chi connectivity index (χ2n) is 8.23. The van der Waals surface area contributed by atoms with E-state index in [9.17, 15) is 9.90 Å². The van der Waals surface area contributed by atoms with E-state index in [1.807, 2.05) is 0 Å². The predicted molar refractivity (Wildman–Crippen MR) is 120 cm³/mol. The van der Waals surface area contributed by atoms with Crippen LogP contribution in [0.1, 0.15) is 19.4 Å². The molecular weight excluding hydrogens is 410 g/mol. The minimum absolute atomic E-state index is 0.229. The van der Waals surface area contributed by atoms with Gasteiger partial charge in [0.05, 0.1) is 20.8 Å². The zero-order valence-electron chi connectivity index (χ0n) is 18.6. The summed E-state index contributed by atoms with van der Waals surface area (Å²) in [4.78, 5) is 15.0. The van der Waals surface area contributed by atoms with Crippen molar-refractivity contribution in [3.05, 3.63) is 66.4 Å². The number of hydrogen-bond donors (Lipinski definition) is 1. The molecule has 0 unspecified atom stereocenters. The molecule has 0 aromatic heterocycles. The number of carbonyl (C=O) groups excluding carboxylic acids is 1. The summed E-state index contributed by atoms with van der Waals surface area (Å²) in [5, 5.41) is 11.8. The van der Waals surface area contributed by atoms with E-state index in [0.29, 0.717) is 22.7 Å². The van der Waals surface area contributed by atoms with Crippen LogP contribution in [-0.4, -0.2) is 55.4 Å². The average molecular weight is 437 g/mol. The lowest BCUT2D eigenvalue weighted by atomic mass is 9.71. The molecule has 2 aromatic carbocycles. The lowest BCUT2D eigenvalue weighted by molar-refractivity contribution is -0.165. The van der Waals surface area contributed by atoms with Crippen molar-refractivity contribution in [2.24, 2.45) is 0 Å². The molecule has 0 saturated carbocycles. The van der Waals surface area contributed by atoms with E-state index in [4.69, 9.17) is 18.9 Å². The van der Waals surface area contributed by atoms with Crippen LogP contribution in [0.2, 0.25) is 0 Å². The van der Waals surface area contributed by atoms with Gasteiger partial charge >= 0.3 is 0 Å². The van der Waals surface area contributed by atoms with E-state index >= 15 is 0 Å². The highest BCUT2D eigenvalue weighted by molar-refractivity contribution is 6.16. The van der Waals surface area contributed by atoms with Crippen molar-refractivity contribution < 1.29 is 28.8 Å². The Balaban J connectivity index is 1.76. The van der Waals surface area contributed by atoms with Crippen molar-refractivity contribution in [3.8, 4) is 11.5 Å². The molecule has 2 heterocycles. The maximum atomic E-state index is 13.5. The number of carbonyl (C=O) groups is 1. The summed E-state index contributed by atoms with van der Waals surface area (Å²) in [7, 11) is 3.15. The van der Waals surface area contributed by atoms with Gasteiger partial charge in [-0.05, 0) is 55.8 Å². The van der Waals surface area contributed by atoms with Crippen molar-refractivity contribution in [3.63, 3.8) is 0 Å². The van der Waals surface area contributed by atoms with E-state index in [1.54, 1.807) is 76.6 Å². The monoisotopic (exact) mass is 437 g/mol. The highest BCUT2D eigenvalue weighted by atomic mass is 16.7. The minimum Gasteiger partial charge on any atom is -0.497 e. The van der Waals surface area contributed by atoms with Crippen LogP contribution >= 0.6 is 0 Å². The Morgan fingerprint density at radius 2 is 1.66 bits per heavy atom. The van der Waals surface area contributed by atoms with Crippen LogP contribution in [0, 0.1) is 0 Å². The summed E-state index contributed by atoms with van der Waals surface area (Å²) in [6, 6.07) is 13.4. The Morgan fingerprint density at radius 1 is 1.09 bits per heavy atom. The molecule has 4 rings (SSSR count). The maximum absolute atomic E-state index is 13.5. The molecule has 2 fully saturated rings. The van der Waals surface area contributed by atoms with Gasteiger partial charge in [0, 0.05) is 11.3 Å². The van der Waals surface area contributed by atoms with Gasteiger partial charge in [0.25, 0.3) is 5.91 Å². The van der Waals surface area contributed by atoms with Gasteiger partial charge in [-0.2, -0.15) is 0 Å². The van der Waals surface area contributed by atoms with Crippen molar-refractivity contribution in [2.75, 3.05) is 25.7 Å². The third-order valence-electron chi connectivity index (χ3n) is 5.92. The van der Waals surface area contributed by atoms with Gasteiger partial charge in [-0.25, -0.2) is 0 Å². The van der Waals surface area contributed by atoms with Crippen LogP contribution in [-0.2, 0) is 14.3 Å². The first-order chi connectivity index (χ1) is 15.2. The normalized spacial score (nSPS) is 26.3. The summed E-state index contributed by atoms with van der Waals surface area (Å²) in [6.07, 6.45) is -0.559. The smallest absolute Gasteiger partial charge is 0.267 e. The molecule has 0 spiro atoms. The average Bonchev–Trinajstić information content (AvgIpc) is 3.16. The van der Waals surface area contributed by atoms with Crippen molar-refractivity contribution >= 4 is 17.2 Å². The largest absolute Gasteiger partial charge is 0.497 e. The number of benzene rings is 2. The van der Waals surface area contributed by atoms with Crippen LogP contribution in [0.5, 0.6) is 11.5 Å². The number of anilines is 1. The third kappa shape index (κ3) is 3.49. The zero-order chi connectivity index (χ0) is 23.1. The lowest BCUT2D eigenvalue weighted by Gasteiger charge is -2.55. The van der Waals surface area contributed by atoms with Gasteiger partial charge < -0.3 is 24.1 Å². The summed E-state index contributed by atoms with van der Waals surface area (Å²) in [5.74, 6) is 0.0197. The Morgan fingerprint density at radius 3 is 2.12 bits per heavy atom. The zero-order valence-corrected chi connectivity index (χ0v) is 18.6. The molecule has 7 nitrogen and oxygen atoms in total. The number of amides is 1. The predicted octanol–water partition coefficient (Wildman–Crippen LogP) is 3.17. The molecule has 1 amide bonds. The van der Waals surface area contributed by atoms with Crippen LogP contribution in [0.25, 0.3) is 5.57 Å². The Kier molecular flexibility index (Phi) is 5.61. The Labute approximate surface area is 187 Å². The van der Waals surface area contributed by atoms with Crippen molar-refractivity contribution in [1.82, 2.24) is 0 Å². The molecule has 0 radical (unpaired) electrons. The van der Waals surface area contributed by atoms with Gasteiger partial charge in [-0.15, -0.1) is 5.73 Å². The quantitative estimate of drug-likeness (QED) is 0.553. The Bertz CT molecular complexity index is 1050. The molecule has 0 aliphatic carbocycles. The van der Waals surface area contributed by atoms with Crippen LogP contribution in [0.15, 0.2) is 60.8 Å². The number of rotatable bonds is 6. The molecule has 3 atom stereocenters. The Hall–Kier alpha value is -3.09. The molecule has 1 N–H and O–H groups in total. The fourth-order valence-electron chi connectivity index (χ4n) is 4.35. The number of methoxy groups -OCH3 is 2. The van der Waals surface area contributed by atoms with E-state index in [0.717, 1.165) is 0 Å². The van der Waals surface area contributed by atoms with Crippen molar-refractivity contribution in [1.29, 1.82) is 0 Å². The number of aliphatic hydroxyl groups is 1. The molecule has 168 valence electrons. The number of ether oxygens (including phenoxy) is 4. The highest BCUT2D eigenvalue weighted by Crippen LogP contribution is 2.48. The summed E-state index contributed by atoms with van der Waals surface area (Å²) < 4.78 is 22.3. The standard InChI is InChI=1S/C25H27NO6/c1-6-20(16-7-11-18(29-4)12-8-16)25(28)22(21-15-31-24(2,3)32-21)26(23(25)27)17-9-13-19(30-5)14-10-17/h7-14,21-22,28H,1,15H2,2-5H3/t21-,22+,25-/m1/s1. The number of β-lactam (4-membered cyclic amide) rings is 1. The molecule has 2 aliphatic heterocycles. The maximum Gasteiger partial charge on any atom is 0.267 e. The molecular formula is C25H27NO6. The second kappa shape index (κ2) is 8.11. The highest BCUT2D eigenvalue weighted by Gasteiger charge is 2.67. The van der Waals surface area contributed by atoms with Gasteiger partial charge in [0.1, 0.15) is 23.6 Å².